The maximum atomic E-state index is 12.3. The van der Waals surface area contributed by atoms with Crippen LogP contribution in [0, 0.1) is 6.92 Å². The van der Waals surface area contributed by atoms with Crippen molar-refractivity contribution in [2.45, 2.75) is 6.92 Å². The van der Waals surface area contributed by atoms with Gasteiger partial charge in [0, 0.05) is 0 Å². The molecule has 0 aliphatic heterocycles. The molecule has 1 aromatic heterocycles. The number of anilines is 1. The second-order valence-corrected chi connectivity index (χ2v) is 7.16. The Bertz CT molecular complexity index is 1120. The standard InChI is InChI=1S/C22H17N3O2S/c1-15-6-2-3-7-18(15)21(26)27-17-12-10-16(11-13-17)14-23-25-22-24-19-8-4-5-9-20(19)28-22/h2-14H,1H3,(H,24,25)/b23-14-. The maximum absolute atomic E-state index is 12.3. The third-order valence-electron chi connectivity index (χ3n) is 4.12. The van der Waals surface area contributed by atoms with Crippen molar-refractivity contribution in [2.24, 2.45) is 5.10 Å². The molecule has 0 aliphatic carbocycles. The summed E-state index contributed by atoms with van der Waals surface area (Å²) in [4.78, 5) is 16.7. The molecule has 0 saturated heterocycles. The van der Waals surface area contributed by atoms with Crippen molar-refractivity contribution in [3.05, 3.63) is 89.5 Å². The molecule has 0 fully saturated rings. The highest BCUT2D eigenvalue weighted by Gasteiger charge is 2.10. The van der Waals surface area contributed by atoms with E-state index in [1.54, 1.807) is 35.8 Å². The van der Waals surface area contributed by atoms with E-state index in [0.717, 1.165) is 26.5 Å². The number of carbonyl (C=O) groups is 1. The first kappa shape index (κ1) is 17.9. The number of benzene rings is 3. The Hall–Kier alpha value is -3.51. The topological polar surface area (TPSA) is 63.6 Å². The molecule has 4 rings (SSSR count). The number of aryl methyl sites for hydroxylation is 1. The maximum Gasteiger partial charge on any atom is 0.343 e. The molecule has 4 aromatic rings. The highest BCUT2D eigenvalue weighted by Crippen LogP contribution is 2.25. The minimum Gasteiger partial charge on any atom is -0.423 e. The van der Waals surface area contributed by atoms with Gasteiger partial charge in [-0.1, -0.05) is 41.7 Å². The van der Waals surface area contributed by atoms with Crippen molar-refractivity contribution in [1.29, 1.82) is 0 Å². The van der Waals surface area contributed by atoms with Crippen molar-refractivity contribution < 1.29 is 9.53 Å². The van der Waals surface area contributed by atoms with Crippen LogP contribution in [0.1, 0.15) is 21.5 Å². The minimum atomic E-state index is -0.364. The quantitative estimate of drug-likeness (QED) is 0.219. The molecular weight excluding hydrogens is 370 g/mol. The van der Waals surface area contributed by atoms with E-state index in [2.05, 4.69) is 15.5 Å². The lowest BCUT2D eigenvalue weighted by Gasteiger charge is -2.06. The van der Waals surface area contributed by atoms with Crippen LogP contribution in [-0.4, -0.2) is 17.2 Å². The number of nitrogens with zero attached hydrogens (tertiary/aromatic N) is 2. The number of carbonyl (C=O) groups excluding carboxylic acids is 1. The average Bonchev–Trinajstić information content (AvgIpc) is 3.12. The Labute approximate surface area is 166 Å². The lowest BCUT2D eigenvalue weighted by molar-refractivity contribution is 0.0734. The van der Waals surface area contributed by atoms with E-state index in [1.807, 2.05) is 61.5 Å². The summed E-state index contributed by atoms with van der Waals surface area (Å²) in [5.74, 6) is 0.126. The van der Waals surface area contributed by atoms with Crippen molar-refractivity contribution >= 4 is 38.9 Å². The van der Waals surface area contributed by atoms with Gasteiger partial charge >= 0.3 is 5.97 Å². The zero-order chi connectivity index (χ0) is 19.3. The Morgan fingerprint density at radius 2 is 1.79 bits per heavy atom. The molecule has 0 atom stereocenters. The zero-order valence-electron chi connectivity index (χ0n) is 15.1. The normalized spacial score (nSPS) is 11.0. The van der Waals surface area contributed by atoms with E-state index in [1.165, 1.54) is 0 Å². The molecule has 138 valence electrons. The van der Waals surface area contributed by atoms with Crippen LogP contribution in [0.5, 0.6) is 5.75 Å². The molecule has 3 aromatic carbocycles. The molecule has 1 N–H and O–H groups in total. The van der Waals surface area contributed by atoms with Crippen molar-refractivity contribution in [2.75, 3.05) is 5.43 Å². The molecule has 0 unspecified atom stereocenters. The molecule has 0 spiro atoms. The first-order valence-corrected chi connectivity index (χ1v) is 9.53. The van der Waals surface area contributed by atoms with E-state index in [4.69, 9.17) is 4.74 Å². The number of para-hydroxylation sites is 1. The number of hydrazone groups is 1. The van der Waals surface area contributed by atoms with Crippen LogP contribution in [-0.2, 0) is 0 Å². The van der Waals surface area contributed by atoms with Crippen LogP contribution < -0.4 is 10.2 Å². The minimum absolute atomic E-state index is 0.364. The smallest absolute Gasteiger partial charge is 0.343 e. The number of hydrogen-bond donors (Lipinski definition) is 1. The van der Waals surface area contributed by atoms with E-state index >= 15 is 0 Å². The fraction of sp³-hybridized carbons (Fsp3) is 0.0455. The molecule has 6 heteroatoms. The number of fused-ring (bicyclic) bond motifs is 1. The zero-order valence-corrected chi connectivity index (χ0v) is 15.9. The third-order valence-corrected chi connectivity index (χ3v) is 5.06. The second kappa shape index (κ2) is 8.02. The lowest BCUT2D eigenvalue weighted by atomic mass is 10.1. The summed E-state index contributed by atoms with van der Waals surface area (Å²) in [6.45, 7) is 1.88. The van der Waals surface area contributed by atoms with E-state index in [-0.39, 0.29) is 5.97 Å². The molecule has 0 saturated carbocycles. The van der Waals surface area contributed by atoms with Gasteiger partial charge in [0.15, 0.2) is 0 Å². The number of aromatic nitrogens is 1. The van der Waals surface area contributed by atoms with Gasteiger partial charge in [0.05, 0.1) is 22.0 Å². The molecule has 0 amide bonds. The summed E-state index contributed by atoms with van der Waals surface area (Å²) in [5.41, 5.74) is 6.23. The monoisotopic (exact) mass is 387 g/mol. The Kier molecular flexibility index (Phi) is 5.12. The van der Waals surface area contributed by atoms with Gasteiger partial charge < -0.3 is 4.74 Å². The number of nitrogens with one attached hydrogen (secondary N) is 1. The van der Waals surface area contributed by atoms with Gasteiger partial charge in [-0.3, -0.25) is 5.43 Å². The van der Waals surface area contributed by atoms with Gasteiger partial charge in [0.2, 0.25) is 5.13 Å². The summed E-state index contributed by atoms with van der Waals surface area (Å²) >= 11 is 1.55. The molecule has 5 nitrogen and oxygen atoms in total. The second-order valence-electron chi connectivity index (χ2n) is 6.13. The largest absolute Gasteiger partial charge is 0.423 e. The summed E-state index contributed by atoms with van der Waals surface area (Å²) in [5, 5.41) is 4.96. The summed E-state index contributed by atoms with van der Waals surface area (Å²) < 4.78 is 6.55. The summed E-state index contributed by atoms with van der Waals surface area (Å²) in [6.07, 6.45) is 1.69. The molecule has 0 aliphatic rings. The average molecular weight is 387 g/mol. The van der Waals surface area contributed by atoms with Gasteiger partial charge in [0.1, 0.15) is 5.75 Å². The molecular formula is C22H17N3O2S. The molecule has 1 heterocycles. The van der Waals surface area contributed by atoms with E-state index in [0.29, 0.717) is 11.3 Å². The third kappa shape index (κ3) is 4.07. The number of hydrogen-bond acceptors (Lipinski definition) is 6. The lowest BCUT2D eigenvalue weighted by Crippen LogP contribution is -2.10. The first-order valence-electron chi connectivity index (χ1n) is 8.71. The van der Waals surface area contributed by atoms with Crippen LogP contribution in [0.25, 0.3) is 10.2 Å². The highest BCUT2D eigenvalue weighted by atomic mass is 32.1. The SMILES string of the molecule is Cc1ccccc1C(=O)Oc1ccc(/C=N\Nc2nc3ccccc3s2)cc1. The summed E-state index contributed by atoms with van der Waals surface area (Å²) in [6, 6.07) is 22.5. The van der Waals surface area contributed by atoms with Gasteiger partial charge in [-0.2, -0.15) is 5.10 Å². The Morgan fingerprint density at radius 1 is 1.04 bits per heavy atom. The van der Waals surface area contributed by atoms with Crippen molar-refractivity contribution in [3.8, 4) is 5.75 Å². The van der Waals surface area contributed by atoms with Crippen LogP contribution in [0.4, 0.5) is 5.13 Å². The Balaban J connectivity index is 1.38. The fourth-order valence-electron chi connectivity index (χ4n) is 2.67. The van der Waals surface area contributed by atoms with E-state index < -0.39 is 0 Å². The highest BCUT2D eigenvalue weighted by molar-refractivity contribution is 7.22. The van der Waals surface area contributed by atoms with Crippen molar-refractivity contribution in [3.63, 3.8) is 0 Å². The molecule has 0 radical (unpaired) electrons. The van der Waals surface area contributed by atoms with Gasteiger partial charge in [-0.15, -0.1) is 0 Å². The van der Waals surface area contributed by atoms with Crippen LogP contribution in [0.2, 0.25) is 0 Å². The predicted octanol–water partition coefficient (Wildman–Crippen LogP) is 5.27. The molecule has 28 heavy (non-hydrogen) atoms. The van der Waals surface area contributed by atoms with Gasteiger partial charge in [-0.25, -0.2) is 9.78 Å². The first-order chi connectivity index (χ1) is 13.7. The number of thiazole rings is 1. The molecule has 0 bridgehead atoms. The van der Waals surface area contributed by atoms with E-state index in [9.17, 15) is 4.79 Å². The van der Waals surface area contributed by atoms with Crippen LogP contribution in [0.3, 0.4) is 0 Å². The number of esters is 1. The number of ether oxygens (including phenoxy) is 1. The van der Waals surface area contributed by atoms with Crippen LogP contribution in [0.15, 0.2) is 77.9 Å². The summed E-state index contributed by atoms with van der Waals surface area (Å²) in [7, 11) is 0. The van der Waals surface area contributed by atoms with Gasteiger partial charge in [-0.05, 0) is 60.5 Å². The van der Waals surface area contributed by atoms with Crippen molar-refractivity contribution in [1.82, 2.24) is 4.98 Å². The van der Waals surface area contributed by atoms with Gasteiger partial charge in [0.25, 0.3) is 0 Å². The van der Waals surface area contributed by atoms with Crippen LogP contribution >= 0.6 is 11.3 Å². The Morgan fingerprint density at radius 3 is 2.57 bits per heavy atom. The number of rotatable bonds is 5. The fourth-order valence-corrected chi connectivity index (χ4v) is 3.48. The predicted molar refractivity (Wildman–Crippen MR) is 113 cm³/mol.